The highest BCUT2D eigenvalue weighted by molar-refractivity contribution is 6.28. The van der Waals surface area contributed by atoms with E-state index in [0.717, 1.165) is 5.56 Å². The Kier molecular flexibility index (Phi) is 4.27. The lowest BCUT2D eigenvalue weighted by atomic mass is 10.1. The van der Waals surface area contributed by atoms with Gasteiger partial charge >= 0.3 is 0 Å². The second-order valence-electron chi connectivity index (χ2n) is 6.42. The number of hydrogen-bond donors (Lipinski definition) is 1. The molecule has 1 amide bonds. The van der Waals surface area contributed by atoms with Gasteiger partial charge in [-0.1, -0.05) is 18.2 Å². The van der Waals surface area contributed by atoms with E-state index in [1.807, 2.05) is 24.3 Å². The van der Waals surface area contributed by atoms with Crippen LogP contribution in [0.1, 0.15) is 18.3 Å². The number of aromatic nitrogens is 2. The summed E-state index contributed by atoms with van der Waals surface area (Å²) in [5, 5.41) is 0.422. The van der Waals surface area contributed by atoms with Crippen LogP contribution in [0.5, 0.6) is 5.75 Å². The summed E-state index contributed by atoms with van der Waals surface area (Å²) in [4.78, 5) is 38.1. The van der Waals surface area contributed by atoms with E-state index < -0.39 is 0 Å². The molecule has 140 valence electrons. The van der Waals surface area contributed by atoms with Crippen molar-refractivity contribution in [3.8, 4) is 5.75 Å². The Morgan fingerprint density at radius 3 is 2.68 bits per heavy atom. The van der Waals surface area contributed by atoms with Gasteiger partial charge in [0.1, 0.15) is 23.1 Å². The van der Waals surface area contributed by atoms with Crippen LogP contribution in [0.15, 0.2) is 57.9 Å². The van der Waals surface area contributed by atoms with Crippen LogP contribution in [-0.4, -0.2) is 28.8 Å². The number of rotatable bonds is 3. The zero-order valence-electron chi connectivity index (χ0n) is 15.7. The van der Waals surface area contributed by atoms with Gasteiger partial charge in [-0.05, 0) is 44.2 Å². The number of H-pyrrole nitrogens is 1. The zero-order valence-corrected chi connectivity index (χ0v) is 15.7. The smallest absolute Gasteiger partial charge is 0.282 e. The van der Waals surface area contributed by atoms with E-state index in [4.69, 9.17) is 4.74 Å². The maximum Gasteiger partial charge on any atom is 0.282 e. The summed E-state index contributed by atoms with van der Waals surface area (Å²) in [5.41, 5.74) is 1.98. The third-order valence-electron chi connectivity index (χ3n) is 4.52. The predicted molar refractivity (Wildman–Crippen MR) is 109 cm³/mol. The van der Waals surface area contributed by atoms with Crippen molar-refractivity contribution >= 4 is 34.4 Å². The number of aryl methyl sites for hydroxylation is 1. The second-order valence-corrected chi connectivity index (χ2v) is 6.42. The highest BCUT2D eigenvalue weighted by Crippen LogP contribution is 2.28. The summed E-state index contributed by atoms with van der Waals surface area (Å²) in [7, 11) is 1.58. The molecule has 0 saturated carbocycles. The number of fused-ring (bicyclic) bond motifs is 1. The Balaban J connectivity index is 1.76. The molecule has 1 aliphatic rings. The standard InChI is InChI=1S/C21H18N4O3/c1-12-22-17-9-8-15(11-16(17)20(26)23-12)25-13(2)24-18(21(25)27)10-14-6-4-5-7-19(14)28-3/h4-11H,1-3H3,(H,22,23,26)/b18-10+. The van der Waals surface area contributed by atoms with E-state index in [1.165, 1.54) is 4.90 Å². The summed E-state index contributed by atoms with van der Waals surface area (Å²) >= 11 is 0. The van der Waals surface area contributed by atoms with Crippen LogP contribution in [0.2, 0.25) is 0 Å². The molecule has 0 fully saturated rings. The van der Waals surface area contributed by atoms with Crippen molar-refractivity contribution < 1.29 is 9.53 Å². The fourth-order valence-electron chi connectivity index (χ4n) is 3.25. The molecule has 7 nitrogen and oxygen atoms in total. The molecule has 2 heterocycles. The van der Waals surface area contributed by atoms with Crippen LogP contribution < -0.4 is 15.2 Å². The molecule has 0 aliphatic carbocycles. The van der Waals surface area contributed by atoms with E-state index in [1.54, 1.807) is 45.2 Å². The number of nitrogens with one attached hydrogen (secondary N) is 1. The molecule has 2 aromatic carbocycles. The van der Waals surface area contributed by atoms with Gasteiger partial charge in [0.2, 0.25) is 0 Å². The van der Waals surface area contributed by atoms with E-state index in [9.17, 15) is 9.59 Å². The molecular weight excluding hydrogens is 356 g/mol. The van der Waals surface area contributed by atoms with Crippen molar-refractivity contribution in [2.75, 3.05) is 12.0 Å². The SMILES string of the molecule is COc1ccccc1/C=C1/N=C(C)N(c2ccc3nc(C)[nH]c(=O)c3c2)C1=O. The van der Waals surface area contributed by atoms with E-state index >= 15 is 0 Å². The first kappa shape index (κ1) is 17.7. The number of methoxy groups -OCH3 is 1. The van der Waals surface area contributed by atoms with Crippen molar-refractivity contribution in [1.82, 2.24) is 9.97 Å². The molecule has 0 unspecified atom stereocenters. The fraction of sp³-hybridized carbons (Fsp3) is 0.143. The molecule has 28 heavy (non-hydrogen) atoms. The lowest BCUT2D eigenvalue weighted by molar-refractivity contribution is -0.113. The van der Waals surface area contributed by atoms with Gasteiger partial charge in [-0.25, -0.2) is 9.98 Å². The number of benzene rings is 2. The molecule has 1 aromatic heterocycles. The lowest BCUT2D eigenvalue weighted by Crippen LogP contribution is -2.30. The quantitative estimate of drug-likeness (QED) is 0.714. The number of amides is 1. The Morgan fingerprint density at radius 2 is 1.89 bits per heavy atom. The van der Waals surface area contributed by atoms with Gasteiger partial charge < -0.3 is 9.72 Å². The number of nitrogens with zero attached hydrogens (tertiary/aromatic N) is 3. The fourth-order valence-corrected chi connectivity index (χ4v) is 3.25. The van der Waals surface area contributed by atoms with Gasteiger partial charge in [0.15, 0.2) is 0 Å². The average molecular weight is 374 g/mol. The molecule has 0 bridgehead atoms. The number of para-hydroxylation sites is 1. The Bertz CT molecular complexity index is 1220. The summed E-state index contributed by atoms with van der Waals surface area (Å²) in [6.45, 7) is 3.48. The number of anilines is 1. The molecular formula is C21H18N4O3. The predicted octanol–water partition coefficient (Wildman–Crippen LogP) is 3.05. The van der Waals surface area contributed by atoms with Gasteiger partial charge in [0.25, 0.3) is 11.5 Å². The largest absolute Gasteiger partial charge is 0.496 e. The van der Waals surface area contributed by atoms with Gasteiger partial charge in [-0.3, -0.25) is 14.5 Å². The van der Waals surface area contributed by atoms with Crippen molar-refractivity contribution in [1.29, 1.82) is 0 Å². The number of aliphatic imine (C=N–C) groups is 1. The summed E-state index contributed by atoms with van der Waals surface area (Å²) in [6.07, 6.45) is 1.70. The second kappa shape index (κ2) is 6.77. The molecule has 1 aliphatic heterocycles. The zero-order chi connectivity index (χ0) is 19.8. The Hall–Kier alpha value is -3.74. The van der Waals surface area contributed by atoms with Crippen LogP contribution in [-0.2, 0) is 4.79 Å². The minimum atomic E-state index is -0.265. The number of hydrogen-bond acceptors (Lipinski definition) is 5. The van der Waals surface area contributed by atoms with Crippen LogP contribution in [0.3, 0.4) is 0 Å². The number of amidine groups is 1. The van der Waals surface area contributed by atoms with Crippen LogP contribution in [0.25, 0.3) is 17.0 Å². The van der Waals surface area contributed by atoms with Crippen molar-refractivity contribution in [3.05, 3.63) is 69.9 Å². The minimum absolute atomic E-state index is 0.240. The van der Waals surface area contributed by atoms with Crippen molar-refractivity contribution in [2.24, 2.45) is 4.99 Å². The molecule has 0 saturated heterocycles. The minimum Gasteiger partial charge on any atom is -0.496 e. The first-order valence-corrected chi connectivity index (χ1v) is 8.73. The monoisotopic (exact) mass is 374 g/mol. The normalized spacial score (nSPS) is 15.4. The van der Waals surface area contributed by atoms with Crippen molar-refractivity contribution in [2.45, 2.75) is 13.8 Å². The van der Waals surface area contributed by atoms with Crippen LogP contribution >= 0.6 is 0 Å². The third-order valence-corrected chi connectivity index (χ3v) is 4.52. The molecule has 4 rings (SSSR count). The first-order chi connectivity index (χ1) is 13.5. The molecule has 7 heteroatoms. The maximum absolute atomic E-state index is 13.0. The van der Waals surface area contributed by atoms with Gasteiger partial charge in [-0.2, -0.15) is 0 Å². The molecule has 0 radical (unpaired) electrons. The topological polar surface area (TPSA) is 87.7 Å². The highest BCUT2D eigenvalue weighted by atomic mass is 16.5. The summed E-state index contributed by atoms with van der Waals surface area (Å²) < 4.78 is 5.34. The van der Waals surface area contributed by atoms with E-state index in [2.05, 4.69) is 15.0 Å². The van der Waals surface area contributed by atoms with E-state index in [-0.39, 0.29) is 11.5 Å². The molecule has 1 N–H and O–H groups in total. The lowest BCUT2D eigenvalue weighted by Gasteiger charge is -2.16. The van der Waals surface area contributed by atoms with Gasteiger partial charge in [0.05, 0.1) is 23.7 Å². The highest BCUT2D eigenvalue weighted by Gasteiger charge is 2.29. The summed E-state index contributed by atoms with van der Waals surface area (Å²) in [6, 6.07) is 12.6. The van der Waals surface area contributed by atoms with Gasteiger partial charge in [-0.15, -0.1) is 0 Å². The Labute approximate surface area is 161 Å². The van der Waals surface area contributed by atoms with Crippen molar-refractivity contribution in [3.63, 3.8) is 0 Å². The number of carbonyl (C=O) groups excluding carboxylic acids is 1. The summed E-state index contributed by atoms with van der Waals surface area (Å²) in [5.74, 6) is 1.47. The van der Waals surface area contributed by atoms with Crippen LogP contribution in [0.4, 0.5) is 5.69 Å². The van der Waals surface area contributed by atoms with Gasteiger partial charge in [0, 0.05) is 5.56 Å². The molecule has 0 atom stereocenters. The van der Waals surface area contributed by atoms with E-state index in [0.29, 0.717) is 39.7 Å². The molecule has 0 spiro atoms. The maximum atomic E-state index is 13.0. The third kappa shape index (κ3) is 2.96. The number of carbonyl (C=O) groups is 1. The first-order valence-electron chi connectivity index (χ1n) is 8.73. The van der Waals surface area contributed by atoms with Crippen LogP contribution in [0, 0.1) is 6.92 Å². The number of aromatic amines is 1. The Morgan fingerprint density at radius 1 is 1.11 bits per heavy atom. The average Bonchev–Trinajstić information content (AvgIpc) is 2.95. The molecule has 3 aromatic rings. The number of ether oxygens (including phenoxy) is 1.